The number of anilines is 3. The van der Waals surface area contributed by atoms with Gasteiger partial charge in [0.05, 0.1) is 32.2 Å². The maximum Gasteiger partial charge on any atom is 0.184 e. The zero-order valence-electron chi connectivity index (χ0n) is 12.3. The molecule has 1 saturated heterocycles. The Morgan fingerprint density at radius 1 is 1.32 bits per heavy atom. The lowest BCUT2D eigenvalue weighted by molar-refractivity contribution is 0.122. The van der Waals surface area contributed by atoms with Crippen molar-refractivity contribution in [3.05, 3.63) is 36.5 Å². The molecule has 0 spiro atoms. The summed E-state index contributed by atoms with van der Waals surface area (Å²) in [4.78, 5) is 9.73. The third-order valence-electron chi connectivity index (χ3n) is 3.48. The number of nitrogens with zero attached hydrogens (tertiary/aromatic N) is 3. The van der Waals surface area contributed by atoms with Crippen molar-refractivity contribution in [1.82, 2.24) is 9.97 Å². The maximum absolute atomic E-state index is 13.6. The molecule has 1 aliphatic rings. The van der Waals surface area contributed by atoms with Gasteiger partial charge in [0.25, 0.3) is 0 Å². The Bertz CT molecular complexity index is 647. The molecule has 0 radical (unpaired) electrons. The molecule has 0 unspecified atom stereocenters. The Labute approximate surface area is 127 Å². The van der Waals surface area contributed by atoms with Gasteiger partial charge in [0.1, 0.15) is 12.1 Å². The van der Waals surface area contributed by atoms with Gasteiger partial charge in [-0.05, 0) is 12.1 Å². The summed E-state index contributed by atoms with van der Waals surface area (Å²) in [6, 6.07) is 5.74. The van der Waals surface area contributed by atoms with Crippen LogP contribution in [-0.2, 0) is 4.74 Å². The number of hydrogen-bond donors (Lipinski definition) is 1. The lowest BCUT2D eigenvalue weighted by Gasteiger charge is -2.29. The molecule has 0 aliphatic carbocycles. The van der Waals surface area contributed by atoms with Gasteiger partial charge in [-0.2, -0.15) is 0 Å². The Kier molecular flexibility index (Phi) is 4.34. The van der Waals surface area contributed by atoms with Gasteiger partial charge in [0, 0.05) is 24.8 Å². The number of hydrogen-bond acceptors (Lipinski definition) is 6. The molecule has 0 amide bonds. The molecule has 1 aromatic heterocycles. The van der Waals surface area contributed by atoms with Crippen molar-refractivity contribution in [2.24, 2.45) is 0 Å². The SMILES string of the molecule is COc1cc(N2CCOCC2)ccc1Nc1ncncc1F. The minimum Gasteiger partial charge on any atom is -0.494 e. The second kappa shape index (κ2) is 6.57. The smallest absolute Gasteiger partial charge is 0.184 e. The largest absolute Gasteiger partial charge is 0.494 e. The van der Waals surface area contributed by atoms with Crippen LogP contribution in [0.25, 0.3) is 0 Å². The molecular weight excluding hydrogens is 287 g/mol. The molecule has 116 valence electrons. The predicted octanol–water partition coefficient (Wildman–Crippen LogP) is 2.20. The summed E-state index contributed by atoms with van der Waals surface area (Å²) in [5.41, 5.74) is 1.70. The molecule has 6 nitrogen and oxygen atoms in total. The summed E-state index contributed by atoms with van der Waals surface area (Å²) in [5, 5.41) is 2.93. The lowest BCUT2D eigenvalue weighted by atomic mass is 10.2. The van der Waals surface area contributed by atoms with Crippen LogP contribution in [0.5, 0.6) is 5.75 Å². The van der Waals surface area contributed by atoms with Crippen molar-refractivity contribution < 1.29 is 13.9 Å². The van der Waals surface area contributed by atoms with Gasteiger partial charge in [0.15, 0.2) is 11.6 Å². The highest BCUT2D eigenvalue weighted by Gasteiger charge is 2.14. The summed E-state index contributed by atoms with van der Waals surface area (Å²) in [6.07, 6.45) is 2.41. The van der Waals surface area contributed by atoms with E-state index in [1.807, 2.05) is 18.2 Å². The number of nitrogens with one attached hydrogen (secondary N) is 1. The quantitative estimate of drug-likeness (QED) is 0.934. The fraction of sp³-hybridized carbons (Fsp3) is 0.333. The molecule has 0 saturated carbocycles. The monoisotopic (exact) mass is 304 g/mol. The van der Waals surface area contributed by atoms with Gasteiger partial charge in [-0.15, -0.1) is 0 Å². The van der Waals surface area contributed by atoms with E-state index in [2.05, 4.69) is 20.2 Å². The Balaban J connectivity index is 1.84. The molecule has 22 heavy (non-hydrogen) atoms. The second-order valence-corrected chi connectivity index (χ2v) is 4.83. The first kappa shape index (κ1) is 14.5. The zero-order chi connectivity index (χ0) is 15.4. The third kappa shape index (κ3) is 3.09. The molecule has 2 heterocycles. The molecule has 0 atom stereocenters. The maximum atomic E-state index is 13.6. The van der Waals surface area contributed by atoms with E-state index in [4.69, 9.17) is 9.47 Å². The number of morpholine rings is 1. The molecule has 7 heteroatoms. The van der Waals surface area contributed by atoms with Crippen LogP contribution in [0.15, 0.2) is 30.7 Å². The molecule has 0 bridgehead atoms. The van der Waals surface area contributed by atoms with E-state index in [9.17, 15) is 4.39 Å². The Hall–Kier alpha value is -2.41. The van der Waals surface area contributed by atoms with Gasteiger partial charge in [-0.3, -0.25) is 0 Å². The van der Waals surface area contributed by atoms with Crippen LogP contribution in [0, 0.1) is 5.82 Å². The highest BCUT2D eigenvalue weighted by molar-refractivity contribution is 5.69. The fourth-order valence-corrected chi connectivity index (χ4v) is 2.33. The second-order valence-electron chi connectivity index (χ2n) is 4.83. The molecule has 2 aromatic rings. The van der Waals surface area contributed by atoms with Gasteiger partial charge in [-0.1, -0.05) is 0 Å². The van der Waals surface area contributed by atoms with Gasteiger partial charge in [-0.25, -0.2) is 14.4 Å². The number of aromatic nitrogens is 2. The average molecular weight is 304 g/mol. The van der Waals surface area contributed by atoms with E-state index >= 15 is 0 Å². The zero-order valence-corrected chi connectivity index (χ0v) is 12.3. The van der Waals surface area contributed by atoms with Crippen molar-refractivity contribution in [2.75, 3.05) is 43.6 Å². The van der Waals surface area contributed by atoms with E-state index in [1.54, 1.807) is 7.11 Å². The first-order valence-corrected chi connectivity index (χ1v) is 7.01. The summed E-state index contributed by atoms with van der Waals surface area (Å²) in [5.74, 6) is 0.233. The molecule has 1 aromatic carbocycles. The van der Waals surface area contributed by atoms with E-state index in [1.165, 1.54) is 6.33 Å². The van der Waals surface area contributed by atoms with Crippen LogP contribution < -0.4 is 15.0 Å². The summed E-state index contributed by atoms with van der Waals surface area (Å²) in [6.45, 7) is 3.12. The van der Waals surface area contributed by atoms with E-state index < -0.39 is 5.82 Å². The van der Waals surface area contributed by atoms with Crippen molar-refractivity contribution in [1.29, 1.82) is 0 Å². The van der Waals surface area contributed by atoms with Crippen LogP contribution in [0.2, 0.25) is 0 Å². The first-order valence-electron chi connectivity index (χ1n) is 7.01. The van der Waals surface area contributed by atoms with Gasteiger partial charge in [0.2, 0.25) is 0 Å². The summed E-state index contributed by atoms with van der Waals surface area (Å²) < 4.78 is 24.4. The Morgan fingerprint density at radius 2 is 2.14 bits per heavy atom. The van der Waals surface area contributed by atoms with Crippen LogP contribution in [0.4, 0.5) is 21.6 Å². The van der Waals surface area contributed by atoms with E-state index in [0.717, 1.165) is 25.0 Å². The van der Waals surface area contributed by atoms with E-state index in [-0.39, 0.29) is 5.82 Å². The normalized spacial score (nSPS) is 14.7. The van der Waals surface area contributed by atoms with E-state index in [0.29, 0.717) is 24.7 Å². The number of rotatable bonds is 4. The van der Waals surface area contributed by atoms with Crippen molar-refractivity contribution in [2.45, 2.75) is 0 Å². The highest BCUT2D eigenvalue weighted by Crippen LogP contribution is 2.32. The molecule has 1 aliphatic heterocycles. The minimum atomic E-state index is -0.512. The number of benzene rings is 1. The number of halogens is 1. The van der Waals surface area contributed by atoms with Crippen molar-refractivity contribution in [3.63, 3.8) is 0 Å². The molecule has 1 N–H and O–H groups in total. The average Bonchev–Trinajstić information content (AvgIpc) is 2.58. The number of ether oxygens (including phenoxy) is 2. The first-order chi connectivity index (χ1) is 10.8. The van der Waals surface area contributed by atoms with Crippen molar-refractivity contribution in [3.8, 4) is 5.75 Å². The topological polar surface area (TPSA) is 59.5 Å². The standard InChI is InChI=1S/C15H17FN4O2/c1-21-14-8-11(20-4-6-22-7-5-20)2-3-13(14)19-15-12(16)9-17-10-18-15/h2-3,8-10H,4-7H2,1H3,(H,17,18,19). The fourth-order valence-electron chi connectivity index (χ4n) is 2.33. The minimum absolute atomic E-state index is 0.118. The van der Waals surface area contributed by atoms with Crippen LogP contribution in [-0.4, -0.2) is 43.4 Å². The van der Waals surface area contributed by atoms with Crippen molar-refractivity contribution >= 4 is 17.2 Å². The van der Waals surface area contributed by atoms with Crippen LogP contribution >= 0.6 is 0 Å². The summed E-state index contributed by atoms with van der Waals surface area (Å²) >= 11 is 0. The molecule has 3 rings (SSSR count). The Morgan fingerprint density at radius 3 is 2.86 bits per heavy atom. The van der Waals surface area contributed by atoms with Gasteiger partial charge >= 0.3 is 0 Å². The molecule has 1 fully saturated rings. The van der Waals surface area contributed by atoms with Crippen LogP contribution in [0.1, 0.15) is 0 Å². The lowest BCUT2D eigenvalue weighted by Crippen LogP contribution is -2.36. The molecular formula is C15H17FN4O2. The highest BCUT2D eigenvalue weighted by atomic mass is 19.1. The van der Waals surface area contributed by atoms with Gasteiger partial charge < -0.3 is 19.7 Å². The third-order valence-corrected chi connectivity index (χ3v) is 3.48. The number of methoxy groups -OCH3 is 1. The van der Waals surface area contributed by atoms with Crippen LogP contribution in [0.3, 0.4) is 0 Å². The predicted molar refractivity (Wildman–Crippen MR) is 81.3 cm³/mol. The summed E-state index contributed by atoms with van der Waals surface area (Å²) in [7, 11) is 1.58.